The predicted octanol–water partition coefficient (Wildman–Crippen LogP) is 4.34. The lowest BCUT2D eigenvalue weighted by Gasteiger charge is -2.07. The molecule has 0 aliphatic carbocycles. The Hall–Kier alpha value is -6.14. The van der Waals surface area contributed by atoms with E-state index in [2.05, 4.69) is 53.7 Å². The van der Waals surface area contributed by atoms with E-state index in [1.807, 2.05) is 46.1 Å². The van der Waals surface area contributed by atoms with Gasteiger partial charge in [0.2, 0.25) is 5.95 Å². The predicted molar refractivity (Wildman–Crippen MR) is 215 cm³/mol. The van der Waals surface area contributed by atoms with Crippen LogP contribution in [0.3, 0.4) is 0 Å². The maximum Gasteiger partial charge on any atom is 0.349 e. The molecule has 6 aromatic rings. The molecule has 53 heavy (non-hydrogen) atoms. The Morgan fingerprint density at radius 3 is 1.60 bits per heavy atom. The number of hydrogen-bond donors (Lipinski definition) is 5. The van der Waals surface area contributed by atoms with Crippen LogP contribution in [0.15, 0.2) is 62.7 Å². The normalized spacial score (nSPS) is 10.1. The third-order valence-electron chi connectivity index (χ3n) is 6.77. The first-order valence-corrected chi connectivity index (χ1v) is 15.3. The number of hydrogen-bond acceptors (Lipinski definition) is 13. The number of nitrogens with zero attached hydrogens (tertiary/aromatic N) is 10. The van der Waals surface area contributed by atoms with Crippen molar-refractivity contribution in [3.63, 3.8) is 0 Å². The molecule has 0 atom stereocenters. The van der Waals surface area contributed by atoms with Crippen LogP contribution in [0.5, 0.6) is 0 Å². The summed E-state index contributed by atoms with van der Waals surface area (Å²) in [5, 5.41) is 0. The van der Waals surface area contributed by atoms with Gasteiger partial charge in [-0.1, -0.05) is 29.7 Å². The van der Waals surface area contributed by atoms with E-state index >= 15 is 0 Å². The summed E-state index contributed by atoms with van der Waals surface area (Å²) in [6.45, 7) is 15.7. The first-order valence-electron chi connectivity index (χ1n) is 15.3. The highest BCUT2D eigenvalue weighted by atomic mass is 16.2. The second-order valence-corrected chi connectivity index (χ2v) is 11.8. The van der Waals surface area contributed by atoms with Crippen LogP contribution in [-0.4, -0.2) is 58.1 Å². The van der Waals surface area contributed by atoms with Gasteiger partial charge in [-0.05, 0) is 61.5 Å². The summed E-state index contributed by atoms with van der Waals surface area (Å²) in [4.78, 5) is 72.4. The molecule has 294 valence electrons. The van der Waals surface area contributed by atoms with E-state index in [-0.39, 0.29) is 82.1 Å². The van der Waals surface area contributed by atoms with Crippen LogP contribution in [0.25, 0.3) is 22.3 Å². The average molecular weight is 742 g/mol. The summed E-state index contributed by atoms with van der Waals surface area (Å²) in [7, 11) is 0. The molecular formula is C34H59N15O4. The zero-order valence-corrected chi connectivity index (χ0v) is 28.7. The van der Waals surface area contributed by atoms with Gasteiger partial charge in [0, 0.05) is 42.6 Å². The first kappa shape index (κ1) is 49.0. The summed E-state index contributed by atoms with van der Waals surface area (Å²) in [6, 6.07) is 3.70. The van der Waals surface area contributed by atoms with Crippen LogP contribution in [-0.2, 0) is 0 Å². The zero-order chi connectivity index (χ0) is 36.6. The number of nitrogens with two attached hydrogens (primary N) is 3. The second kappa shape index (κ2) is 21.3. The van der Waals surface area contributed by atoms with Crippen molar-refractivity contribution in [3.8, 4) is 0 Å². The summed E-state index contributed by atoms with van der Waals surface area (Å²) in [5.74, 6) is 0.821. The monoisotopic (exact) mass is 741 g/mol. The van der Waals surface area contributed by atoms with Crippen LogP contribution in [0.1, 0.15) is 109 Å². The highest BCUT2D eigenvalue weighted by molar-refractivity contribution is 5.81. The summed E-state index contributed by atoms with van der Waals surface area (Å²) < 4.78 is 6.76. The fourth-order valence-corrected chi connectivity index (χ4v) is 4.22. The van der Waals surface area contributed by atoms with E-state index in [1.54, 1.807) is 29.5 Å². The van der Waals surface area contributed by atoms with Crippen LogP contribution in [0.4, 0.5) is 17.6 Å². The molecule has 0 bridgehead atoms. The molecule has 6 heterocycles. The highest BCUT2D eigenvalue weighted by Gasteiger charge is 2.11. The number of anilines is 3. The molecular weight excluding hydrogens is 682 g/mol. The molecule has 6 aromatic heterocycles. The molecule has 0 radical (unpaired) electrons. The van der Waals surface area contributed by atoms with Crippen molar-refractivity contribution in [2.45, 2.75) is 109 Å². The van der Waals surface area contributed by atoms with E-state index < -0.39 is 0 Å². The molecule has 0 amide bonds. The van der Waals surface area contributed by atoms with Gasteiger partial charge in [-0.25, -0.2) is 29.5 Å². The van der Waals surface area contributed by atoms with Crippen molar-refractivity contribution in [3.05, 3.63) is 85.2 Å². The van der Waals surface area contributed by atoms with E-state index in [0.29, 0.717) is 28.5 Å². The first-order chi connectivity index (χ1) is 23.0. The van der Waals surface area contributed by atoms with Gasteiger partial charge in [0.05, 0.1) is 12.7 Å². The summed E-state index contributed by atoms with van der Waals surface area (Å²) >= 11 is 0. The molecule has 0 aliphatic rings. The minimum Gasteiger partial charge on any atom is -0.383 e. The van der Waals surface area contributed by atoms with Crippen LogP contribution in [0.2, 0.25) is 0 Å². The van der Waals surface area contributed by atoms with Gasteiger partial charge in [0.1, 0.15) is 17.7 Å². The van der Waals surface area contributed by atoms with Crippen molar-refractivity contribution in [2.75, 3.05) is 17.2 Å². The fraction of sp³-hybridized carbons (Fsp3) is 0.471. The maximum atomic E-state index is 11.4. The van der Waals surface area contributed by atoms with Gasteiger partial charge in [-0.2, -0.15) is 9.97 Å². The second-order valence-electron chi connectivity index (χ2n) is 11.8. The van der Waals surface area contributed by atoms with Crippen molar-refractivity contribution in [1.29, 1.82) is 0 Å². The molecule has 8 N–H and O–H groups in total. The molecule has 0 unspecified atom stereocenters. The third-order valence-corrected chi connectivity index (χ3v) is 6.77. The number of aromatic amines is 2. The van der Waals surface area contributed by atoms with E-state index in [4.69, 9.17) is 17.2 Å². The van der Waals surface area contributed by atoms with Gasteiger partial charge in [-0.3, -0.25) is 28.7 Å². The molecule has 0 aromatic carbocycles. The number of H-pyrrole nitrogens is 2. The topological polar surface area (TPSA) is 275 Å². The Morgan fingerprint density at radius 2 is 1.09 bits per heavy atom. The number of rotatable bonds is 4. The molecule has 0 saturated carbocycles. The summed E-state index contributed by atoms with van der Waals surface area (Å²) in [5.41, 5.74) is 17.4. The van der Waals surface area contributed by atoms with Gasteiger partial charge in [0.15, 0.2) is 22.6 Å². The lowest BCUT2D eigenvalue weighted by Crippen LogP contribution is -2.29. The van der Waals surface area contributed by atoms with Gasteiger partial charge in [-0.15, -0.1) is 0 Å². The maximum absolute atomic E-state index is 11.4. The Kier molecular flexibility index (Phi) is 19.7. The third kappa shape index (κ3) is 12.5. The van der Waals surface area contributed by atoms with Gasteiger partial charge < -0.3 is 26.3 Å². The SMILES string of the molecule is C.C.C.C.CC(C)n1ccc(=O)[nH]c1=O.CC(C)n1ccc(N)nc1=O.CC(C)n1cnc2c(=O)[nH]c(N)nc21.CC(C)n1cnc2c(N)ncnc21. The lowest BCUT2D eigenvalue weighted by atomic mass is 10.4. The van der Waals surface area contributed by atoms with E-state index in [0.717, 1.165) is 5.65 Å². The molecule has 0 spiro atoms. The lowest BCUT2D eigenvalue weighted by molar-refractivity contribution is 0.561. The Morgan fingerprint density at radius 1 is 0.585 bits per heavy atom. The quantitative estimate of drug-likeness (QED) is 0.168. The van der Waals surface area contributed by atoms with Gasteiger partial charge in [0.25, 0.3) is 11.1 Å². The number of nitrogen functional groups attached to an aromatic ring is 3. The number of aromatic nitrogens is 12. The Labute approximate surface area is 309 Å². The number of nitrogens with one attached hydrogen (secondary N) is 2. The van der Waals surface area contributed by atoms with Crippen molar-refractivity contribution in [2.24, 2.45) is 0 Å². The largest absolute Gasteiger partial charge is 0.383 e. The Bertz CT molecular complexity index is 2240. The van der Waals surface area contributed by atoms with Crippen molar-refractivity contribution >= 4 is 39.9 Å². The van der Waals surface area contributed by atoms with E-state index in [9.17, 15) is 19.2 Å². The molecule has 6 rings (SSSR count). The van der Waals surface area contributed by atoms with Crippen LogP contribution in [0, 0.1) is 0 Å². The molecule has 19 heteroatoms. The highest BCUT2D eigenvalue weighted by Crippen LogP contribution is 2.17. The molecule has 19 nitrogen and oxygen atoms in total. The molecule has 0 aliphatic heterocycles. The fourth-order valence-electron chi connectivity index (χ4n) is 4.22. The number of imidazole rings is 2. The molecule has 0 saturated heterocycles. The van der Waals surface area contributed by atoms with E-state index in [1.165, 1.54) is 27.7 Å². The Balaban J connectivity index is 0. The van der Waals surface area contributed by atoms with Crippen molar-refractivity contribution in [1.82, 2.24) is 58.1 Å². The smallest absolute Gasteiger partial charge is 0.349 e. The van der Waals surface area contributed by atoms with Crippen LogP contribution >= 0.6 is 0 Å². The van der Waals surface area contributed by atoms with Gasteiger partial charge >= 0.3 is 11.4 Å². The zero-order valence-electron chi connectivity index (χ0n) is 28.7. The number of fused-ring (bicyclic) bond motifs is 2. The van der Waals surface area contributed by atoms with Crippen molar-refractivity contribution < 1.29 is 0 Å². The standard InChI is InChI=1S/C8H11N5O.C8H11N5.C7H11N3O.C7H10N2O2.4CH4/c1-4(2)13-3-10-5-6(13)11-8(9)12-7(5)14;1-5(2)13-4-12-6-7(9)10-3-11-8(6)13;1-5(2)10-4-3-6(8)9-7(10)11;1-5(2)9-4-3-6(10)8-7(9)11;;;;/h3-4H,1-2H3,(H3,9,11,12,14);3-5H,1-2H3,(H2,9,10,11);3-5H,1-2H3,(H2,8,9,11);3-5H,1-2H3,(H,8,10,11);4*1H4. The average Bonchev–Trinajstić information content (AvgIpc) is 3.64. The minimum atomic E-state index is -0.355. The van der Waals surface area contributed by atoms with Crippen LogP contribution < -0.4 is 39.7 Å². The molecule has 0 fully saturated rings. The summed E-state index contributed by atoms with van der Waals surface area (Å²) in [6.07, 6.45) is 7.93. The minimum absolute atomic E-state index is 0.